The molecule has 2 aromatic carbocycles. The van der Waals surface area contributed by atoms with Crippen molar-refractivity contribution in [2.24, 2.45) is 0 Å². The number of rotatable bonds is 6. The van der Waals surface area contributed by atoms with E-state index in [2.05, 4.69) is 47.6 Å². The van der Waals surface area contributed by atoms with Gasteiger partial charge in [-0.2, -0.15) is 0 Å². The number of nitrogens with zero attached hydrogens (tertiary/aromatic N) is 2. The van der Waals surface area contributed by atoms with Gasteiger partial charge in [0.2, 0.25) is 0 Å². The second-order valence-electron chi connectivity index (χ2n) is 6.57. The van der Waals surface area contributed by atoms with Gasteiger partial charge in [-0.3, -0.25) is 4.90 Å². The van der Waals surface area contributed by atoms with Crippen LogP contribution in [0, 0.1) is 0 Å². The minimum atomic E-state index is 0. The highest BCUT2D eigenvalue weighted by molar-refractivity contribution is 7.18. The van der Waals surface area contributed by atoms with Gasteiger partial charge in [-0.15, -0.1) is 36.2 Å². The summed E-state index contributed by atoms with van der Waals surface area (Å²) in [5, 5.41) is 18.1. The lowest BCUT2D eigenvalue weighted by atomic mass is 10.1. The molecule has 4 nitrogen and oxygen atoms in total. The third-order valence-electron chi connectivity index (χ3n) is 4.93. The van der Waals surface area contributed by atoms with Gasteiger partial charge in [-0.25, -0.2) is 4.98 Å². The van der Waals surface area contributed by atoms with Gasteiger partial charge >= 0.3 is 0 Å². The van der Waals surface area contributed by atoms with Gasteiger partial charge in [-0.1, -0.05) is 32.0 Å². The summed E-state index contributed by atoms with van der Waals surface area (Å²) in [6.07, 6.45) is 0. The van der Waals surface area contributed by atoms with Crippen molar-refractivity contribution in [1.82, 2.24) is 9.88 Å². The van der Waals surface area contributed by atoms with Crippen LogP contribution in [-0.4, -0.2) is 28.1 Å². The second kappa shape index (κ2) is 10.1. The van der Waals surface area contributed by atoms with Crippen molar-refractivity contribution in [3.63, 3.8) is 0 Å². The third kappa shape index (κ3) is 4.75. The predicted octanol–water partition coefficient (Wildman–Crippen LogP) is 6.58. The van der Waals surface area contributed by atoms with Gasteiger partial charge in [0.05, 0.1) is 5.52 Å². The number of phenols is 1. The third-order valence-corrected chi connectivity index (χ3v) is 5.88. The first kappa shape index (κ1) is 23.2. The first-order chi connectivity index (χ1) is 13.2. The summed E-state index contributed by atoms with van der Waals surface area (Å²) in [6.45, 7) is 6.90. The number of halogens is 2. The van der Waals surface area contributed by atoms with Gasteiger partial charge < -0.3 is 10.4 Å². The molecule has 2 aromatic heterocycles. The molecule has 0 atom stereocenters. The maximum atomic E-state index is 10.3. The van der Waals surface area contributed by atoms with Crippen LogP contribution in [0.25, 0.3) is 21.0 Å². The van der Waals surface area contributed by atoms with Gasteiger partial charge in [-0.05, 0) is 48.8 Å². The number of aromatic nitrogens is 1. The number of benzene rings is 2. The molecule has 0 bridgehead atoms. The van der Waals surface area contributed by atoms with E-state index in [1.165, 1.54) is 10.1 Å². The summed E-state index contributed by atoms with van der Waals surface area (Å²) in [5.74, 6) is 1.18. The fraction of sp³-hybridized carbons (Fsp3) is 0.227. The summed E-state index contributed by atoms with van der Waals surface area (Å²) in [7, 11) is 0. The largest absolute Gasteiger partial charge is 0.508 e. The van der Waals surface area contributed by atoms with Crippen molar-refractivity contribution in [2.75, 3.05) is 18.4 Å². The maximum Gasteiger partial charge on any atom is 0.139 e. The number of pyridine rings is 1. The quantitative estimate of drug-likeness (QED) is 0.326. The number of anilines is 2. The Morgan fingerprint density at radius 3 is 2.52 bits per heavy atom. The first-order valence-corrected chi connectivity index (χ1v) is 10.1. The molecule has 154 valence electrons. The van der Waals surface area contributed by atoms with Gasteiger partial charge in [0.1, 0.15) is 11.6 Å². The van der Waals surface area contributed by atoms with E-state index in [-0.39, 0.29) is 24.8 Å². The van der Waals surface area contributed by atoms with Crippen LogP contribution in [0.2, 0.25) is 0 Å². The molecule has 2 heterocycles. The molecular formula is C22H25Cl2N3OS. The van der Waals surface area contributed by atoms with E-state index in [1.54, 1.807) is 17.4 Å². The summed E-state index contributed by atoms with van der Waals surface area (Å²) in [5.41, 5.74) is 2.84. The number of thiophene rings is 1. The lowest BCUT2D eigenvalue weighted by molar-refractivity contribution is 0.291. The van der Waals surface area contributed by atoms with Crippen molar-refractivity contribution in [2.45, 2.75) is 20.4 Å². The molecule has 0 amide bonds. The lowest BCUT2D eigenvalue weighted by Crippen LogP contribution is -2.22. The van der Waals surface area contributed by atoms with E-state index in [1.807, 2.05) is 24.3 Å². The highest BCUT2D eigenvalue weighted by Gasteiger charge is 2.11. The summed E-state index contributed by atoms with van der Waals surface area (Å²) in [4.78, 5) is 7.12. The predicted molar refractivity (Wildman–Crippen MR) is 130 cm³/mol. The zero-order valence-corrected chi connectivity index (χ0v) is 18.8. The Morgan fingerprint density at radius 2 is 1.76 bits per heavy atom. The van der Waals surface area contributed by atoms with Crippen molar-refractivity contribution >= 4 is 68.6 Å². The molecule has 0 saturated heterocycles. The number of aromatic hydroxyl groups is 1. The Bertz CT molecular complexity index is 1100. The number of fused-ring (bicyclic) bond motifs is 3. The van der Waals surface area contributed by atoms with Crippen molar-refractivity contribution in [3.05, 3.63) is 59.5 Å². The van der Waals surface area contributed by atoms with Gasteiger partial charge in [0, 0.05) is 33.3 Å². The van der Waals surface area contributed by atoms with Crippen LogP contribution in [0.1, 0.15) is 19.4 Å². The average Bonchev–Trinajstić information content (AvgIpc) is 3.19. The van der Waals surface area contributed by atoms with E-state index >= 15 is 0 Å². The Hall–Kier alpha value is -2.05. The summed E-state index contributed by atoms with van der Waals surface area (Å²) in [6, 6.07) is 16.0. The van der Waals surface area contributed by atoms with Gasteiger partial charge in [0.15, 0.2) is 0 Å². The normalized spacial score (nSPS) is 10.7. The lowest BCUT2D eigenvalue weighted by Gasteiger charge is -2.19. The van der Waals surface area contributed by atoms with E-state index < -0.39 is 0 Å². The number of hydrogen-bond acceptors (Lipinski definition) is 5. The number of nitrogens with one attached hydrogen (secondary N) is 1. The van der Waals surface area contributed by atoms with Crippen molar-refractivity contribution in [3.8, 4) is 5.75 Å². The van der Waals surface area contributed by atoms with Crippen molar-refractivity contribution < 1.29 is 5.11 Å². The van der Waals surface area contributed by atoms with Crippen LogP contribution in [0.4, 0.5) is 11.5 Å². The fourth-order valence-corrected chi connectivity index (χ4v) is 4.29. The SMILES string of the molecule is CCN(CC)Cc1cc(Nc2nc3ccccc3c3sccc23)ccc1O.Cl.Cl. The molecule has 0 aliphatic carbocycles. The molecule has 0 aliphatic heterocycles. The monoisotopic (exact) mass is 449 g/mol. The van der Waals surface area contributed by atoms with E-state index in [4.69, 9.17) is 4.98 Å². The number of hydrogen-bond donors (Lipinski definition) is 2. The highest BCUT2D eigenvalue weighted by atomic mass is 35.5. The molecule has 4 rings (SSSR count). The molecule has 7 heteroatoms. The first-order valence-electron chi connectivity index (χ1n) is 9.26. The molecule has 0 radical (unpaired) electrons. The molecule has 0 fully saturated rings. The highest BCUT2D eigenvalue weighted by Crippen LogP contribution is 2.35. The minimum Gasteiger partial charge on any atom is -0.508 e. The molecule has 29 heavy (non-hydrogen) atoms. The summed E-state index contributed by atoms with van der Waals surface area (Å²) >= 11 is 1.73. The Kier molecular flexibility index (Phi) is 8.11. The molecule has 0 unspecified atom stereocenters. The smallest absolute Gasteiger partial charge is 0.139 e. The van der Waals surface area contributed by atoms with Crippen molar-refractivity contribution in [1.29, 1.82) is 0 Å². The van der Waals surface area contributed by atoms with Gasteiger partial charge in [0.25, 0.3) is 0 Å². The average molecular weight is 450 g/mol. The maximum absolute atomic E-state index is 10.3. The number of para-hydroxylation sites is 1. The van der Waals surface area contributed by atoms with Crippen LogP contribution in [0.5, 0.6) is 5.75 Å². The molecular weight excluding hydrogens is 425 g/mol. The molecule has 0 saturated carbocycles. The zero-order chi connectivity index (χ0) is 18.8. The Labute approximate surface area is 187 Å². The van der Waals surface area contributed by atoms with E-state index in [9.17, 15) is 5.11 Å². The summed E-state index contributed by atoms with van der Waals surface area (Å²) < 4.78 is 1.24. The van der Waals surface area contributed by atoms with Crippen LogP contribution in [0.3, 0.4) is 0 Å². The number of phenolic OH excluding ortho intramolecular Hbond substituents is 1. The van der Waals surface area contributed by atoms with Crippen LogP contribution in [-0.2, 0) is 6.54 Å². The Balaban J connectivity index is 0.00000150. The molecule has 4 aromatic rings. The molecule has 0 aliphatic rings. The standard InChI is InChI=1S/C22H23N3OS.2ClH/c1-3-25(4-2)14-15-13-16(9-10-20(15)26)23-22-18-11-12-27-21(18)17-7-5-6-8-19(17)24-22;;/h5-13,26H,3-4,14H2,1-2H3,(H,23,24);2*1H. The second-order valence-corrected chi connectivity index (χ2v) is 7.49. The topological polar surface area (TPSA) is 48.4 Å². The van der Waals surface area contributed by atoms with Crippen LogP contribution >= 0.6 is 36.2 Å². The fourth-order valence-electron chi connectivity index (χ4n) is 3.36. The van der Waals surface area contributed by atoms with E-state index in [0.29, 0.717) is 5.75 Å². The molecule has 2 N–H and O–H groups in total. The molecule has 0 spiro atoms. The van der Waals surface area contributed by atoms with E-state index in [0.717, 1.165) is 47.6 Å². The van der Waals surface area contributed by atoms with Crippen LogP contribution in [0.15, 0.2) is 53.9 Å². The Morgan fingerprint density at radius 1 is 1.00 bits per heavy atom. The van der Waals surface area contributed by atoms with Crippen LogP contribution < -0.4 is 5.32 Å². The minimum absolute atomic E-state index is 0. The zero-order valence-electron chi connectivity index (χ0n) is 16.4.